The molecular weight excluding hydrogens is 168 g/mol. The molecule has 1 aromatic rings. The molecule has 4 heteroatoms. The summed E-state index contributed by atoms with van der Waals surface area (Å²) in [7, 11) is 0. The van der Waals surface area contributed by atoms with Crippen LogP contribution in [0.5, 0.6) is 0 Å². The molecule has 0 aromatic carbocycles. The van der Waals surface area contributed by atoms with Crippen LogP contribution in [-0.2, 0) is 22.6 Å². The summed E-state index contributed by atoms with van der Waals surface area (Å²) in [5.41, 5.74) is 6.41. The fourth-order valence-corrected chi connectivity index (χ4v) is 1.13. The smallest absolute Gasteiger partial charge is 0.325 e. The lowest BCUT2D eigenvalue weighted by molar-refractivity contribution is -0.143. The van der Waals surface area contributed by atoms with Crippen molar-refractivity contribution < 1.29 is 9.53 Å². The van der Waals surface area contributed by atoms with Gasteiger partial charge in [0.2, 0.25) is 0 Å². The number of nitrogens with two attached hydrogens (primary N) is 1. The predicted molar refractivity (Wildman–Crippen MR) is 49.0 cm³/mol. The number of hydrogen-bond donors (Lipinski definition) is 1. The minimum absolute atomic E-state index is 0.228. The Labute approximate surface area is 77.3 Å². The fraction of sp³-hybridized carbons (Fsp3) is 0.444. The molecule has 13 heavy (non-hydrogen) atoms. The Morgan fingerprint density at radius 3 is 3.08 bits per heavy atom. The van der Waals surface area contributed by atoms with Gasteiger partial charge in [0.1, 0.15) is 6.54 Å². The zero-order valence-electron chi connectivity index (χ0n) is 7.69. The van der Waals surface area contributed by atoms with Crippen molar-refractivity contribution in [2.75, 3.05) is 6.61 Å². The van der Waals surface area contributed by atoms with Crippen LogP contribution in [0.3, 0.4) is 0 Å². The molecule has 0 amide bonds. The van der Waals surface area contributed by atoms with Gasteiger partial charge < -0.3 is 15.0 Å². The lowest BCUT2D eigenvalue weighted by Crippen LogP contribution is -2.15. The van der Waals surface area contributed by atoms with Gasteiger partial charge >= 0.3 is 5.97 Å². The Kier molecular flexibility index (Phi) is 3.52. The van der Waals surface area contributed by atoms with E-state index in [9.17, 15) is 4.79 Å². The summed E-state index contributed by atoms with van der Waals surface area (Å²) in [5, 5.41) is 0. The van der Waals surface area contributed by atoms with Gasteiger partial charge in [-0.15, -0.1) is 0 Å². The number of carbonyl (C=O) groups excluding carboxylic acids is 1. The zero-order chi connectivity index (χ0) is 9.68. The molecule has 0 aliphatic heterocycles. The van der Waals surface area contributed by atoms with Gasteiger partial charge in [-0.2, -0.15) is 0 Å². The molecular formula is C9H14N2O2. The van der Waals surface area contributed by atoms with Crippen molar-refractivity contribution in [3.05, 3.63) is 24.0 Å². The van der Waals surface area contributed by atoms with Crippen LogP contribution in [0.2, 0.25) is 0 Å². The van der Waals surface area contributed by atoms with Crippen molar-refractivity contribution in [1.82, 2.24) is 4.57 Å². The Balaban J connectivity index is 2.57. The van der Waals surface area contributed by atoms with Crippen LogP contribution in [0.1, 0.15) is 12.6 Å². The highest BCUT2D eigenvalue weighted by Gasteiger charge is 2.04. The molecule has 0 saturated carbocycles. The van der Waals surface area contributed by atoms with Gasteiger partial charge in [0, 0.05) is 18.4 Å². The van der Waals surface area contributed by atoms with Gasteiger partial charge in [0.15, 0.2) is 0 Å². The number of ether oxygens (including phenoxy) is 1. The Hall–Kier alpha value is -1.29. The van der Waals surface area contributed by atoms with Gasteiger partial charge in [-0.3, -0.25) is 4.79 Å². The summed E-state index contributed by atoms with van der Waals surface area (Å²) in [6, 6.07) is 3.75. The minimum atomic E-state index is -0.228. The van der Waals surface area contributed by atoms with Crippen LogP contribution >= 0.6 is 0 Å². The molecule has 1 heterocycles. The number of rotatable bonds is 4. The third-order valence-corrected chi connectivity index (χ3v) is 1.74. The van der Waals surface area contributed by atoms with Crippen molar-refractivity contribution in [3.63, 3.8) is 0 Å². The Morgan fingerprint density at radius 2 is 2.46 bits per heavy atom. The number of aromatic nitrogens is 1. The molecule has 0 atom stereocenters. The van der Waals surface area contributed by atoms with Crippen LogP contribution in [0, 0.1) is 0 Å². The molecule has 0 bridgehead atoms. The topological polar surface area (TPSA) is 57.2 Å². The summed E-state index contributed by atoms with van der Waals surface area (Å²) in [4.78, 5) is 11.1. The van der Waals surface area contributed by atoms with E-state index >= 15 is 0 Å². The van der Waals surface area contributed by atoms with Crippen LogP contribution in [0.4, 0.5) is 0 Å². The average molecular weight is 182 g/mol. The van der Waals surface area contributed by atoms with Gasteiger partial charge in [-0.05, 0) is 19.1 Å². The second-order valence-electron chi connectivity index (χ2n) is 2.64. The molecule has 1 aromatic heterocycles. The summed E-state index contributed by atoms with van der Waals surface area (Å²) in [5.74, 6) is -0.228. The zero-order valence-corrected chi connectivity index (χ0v) is 7.69. The first kappa shape index (κ1) is 9.80. The van der Waals surface area contributed by atoms with Crippen LogP contribution in [-0.4, -0.2) is 17.1 Å². The molecule has 2 N–H and O–H groups in total. The predicted octanol–water partition coefficient (Wildman–Crippen LogP) is 0.510. The fourth-order valence-electron chi connectivity index (χ4n) is 1.13. The molecule has 1 rings (SSSR count). The van der Waals surface area contributed by atoms with Crippen molar-refractivity contribution in [2.24, 2.45) is 5.73 Å². The van der Waals surface area contributed by atoms with E-state index in [1.54, 1.807) is 11.5 Å². The highest BCUT2D eigenvalue weighted by Crippen LogP contribution is 2.01. The van der Waals surface area contributed by atoms with Crippen LogP contribution in [0.25, 0.3) is 0 Å². The van der Waals surface area contributed by atoms with Crippen molar-refractivity contribution in [3.8, 4) is 0 Å². The first-order valence-electron chi connectivity index (χ1n) is 4.27. The van der Waals surface area contributed by atoms with E-state index < -0.39 is 0 Å². The molecule has 0 aliphatic carbocycles. The SMILES string of the molecule is CCOC(=O)Cn1cccc1CN. The molecule has 72 valence electrons. The molecule has 0 spiro atoms. The van der Waals surface area contributed by atoms with Gasteiger partial charge in [-0.25, -0.2) is 0 Å². The monoisotopic (exact) mass is 182 g/mol. The standard InChI is InChI=1S/C9H14N2O2/c1-2-13-9(12)7-11-5-3-4-8(11)6-10/h3-5H,2,6-7,10H2,1H3. The molecule has 0 unspecified atom stereocenters. The van der Waals surface area contributed by atoms with E-state index in [2.05, 4.69) is 0 Å². The number of nitrogens with zero attached hydrogens (tertiary/aromatic N) is 1. The van der Waals surface area contributed by atoms with Crippen molar-refractivity contribution in [1.29, 1.82) is 0 Å². The van der Waals surface area contributed by atoms with E-state index in [1.807, 2.05) is 18.3 Å². The summed E-state index contributed by atoms with van der Waals surface area (Å²) < 4.78 is 6.60. The van der Waals surface area contributed by atoms with E-state index in [1.165, 1.54) is 0 Å². The summed E-state index contributed by atoms with van der Waals surface area (Å²) in [6.07, 6.45) is 1.82. The third-order valence-electron chi connectivity index (χ3n) is 1.74. The third kappa shape index (κ3) is 2.59. The highest BCUT2D eigenvalue weighted by atomic mass is 16.5. The van der Waals surface area contributed by atoms with E-state index in [0.29, 0.717) is 13.2 Å². The average Bonchev–Trinajstić information content (AvgIpc) is 2.52. The lowest BCUT2D eigenvalue weighted by atomic mass is 10.4. The van der Waals surface area contributed by atoms with Gasteiger partial charge in [-0.1, -0.05) is 0 Å². The largest absolute Gasteiger partial charge is 0.465 e. The number of esters is 1. The first-order valence-corrected chi connectivity index (χ1v) is 4.27. The summed E-state index contributed by atoms with van der Waals surface area (Å²) in [6.45, 7) is 2.88. The molecule has 0 fully saturated rings. The summed E-state index contributed by atoms with van der Waals surface area (Å²) >= 11 is 0. The molecule has 0 aliphatic rings. The number of carbonyl (C=O) groups is 1. The van der Waals surface area contributed by atoms with Crippen molar-refractivity contribution in [2.45, 2.75) is 20.0 Å². The molecule has 0 radical (unpaired) electrons. The lowest BCUT2D eigenvalue weighted by Gasteiger charge is -2.06. The maximum atomic E-state index is 11.1. The first-order chi connectivity index (χ1) is 6.27. The number of hydrogen-bond acceptors (Lipinski definition) is 3. The van der Waals surface area contributed by atoms with Crippen molar-refractivity contribution >= 4 is 5.97 Å². The van der Waals surface area contributed by atoms with E-state index in [4.69, 9.17) is 10.5 Å². The van der Waals surface area contributed by atoms with Gasteiger partial charge in [0.05, 0.1) is 6.61 Å². The maximum absolute atomic E-state index is 11.1. The van der Waals surface area contributed by atoms with E-state index in [0.717, 1.165) is 5.69 Å². The van der Waals surface area contributed by atoms with Crippen LogP contribution in [0.15, 0.2) is 18.3 Å². The maximum Gasteiger partial charge on any atom is 0.325 e. The van der Waals surface area contributed by atoms with Gasteiger partial charge in [0.25, 0.3) is 0 Å². The molecule has 4 nitrogen and oxygen atoms in total. The second-order valence-corrected chi connectivity index (χ2v) is 2.64. The second kappa shape index (κ2) is 4.67. The minimum Gasteiger partial charge on any atom is -0.465 e. The normalized spacial score (nSPS) is 10.0. The Morgan fingerprint density at radius 1 is 1.69 bits per heavy atom. The quantitative estimate of drug-likeness (QED) is 0.690. The molecule has 0 saturated heterocycles. The highest BCUT2D eigenvalue weighted by molar-refractivity contribution is 5.69. The van der Waals surface area contributed by atoms with E-state index in [-0.39, 0.29) is 12.5 Å². The van der Waals surface area contributed by atoms with Crippen LogP contribution < -0.4 is 5.73 Å². The Bertz CT molecular complexity index is 281.